The van der Waals surface area contributed by atoms with Crippen molar-refractivity contribution in [2.75, 3.05) is 19.6 Å². The zero-order valence-electron chi connectivity index (χ0n) is 17.8. The van der Waals surface area contributed by atoms with Crippen molar-refractivity contribution in [1.82, 2.24) is 4.90 Å². The molecule has 1 heterocycles. The van der Waals surface area contributed by atoms with Crippen LogP contribution >= 0.6 is 0 Å². The van der Waals surface area contributed by atoms with E-state index < -0.39 is 5.41 Å². The van der Waals surface area contributed by atoms with Gasteiger partial charge >= 0.3 is 0 Å². The number of amides is 1. The van der Waals surface area contributed by atoms with Gasteiger partial charge in [0.2, 0.25) is 5.91 Å². The first kappa shape index (κ1) is 21.3. The minimum Gasteiger partial charge on any atom is -0.392 e. The minimum absolute atomic E-state index is 0.0717. The quantitative estimate of drug-likeness (QED) is 0.593. The van der Waals surface area contributed by atoms with Gasteiger partial charge in [0.1, 0.15) is 5.41 Å². The molecular formula is C27H30N2O2. The Hall–Kier alpha value is -2.95. The first-order valence-electron chi connectivity index (χ1n) is 11.0. The zero-order chi connectivity index (χ0) is 21.7. The predicted molar refractivity (Wildman–Crippen MR) is 123 cm³/mol. The van der Waals surface area contributed by atoms with E-state index in [0.717, 1.165) is 49.2 Å². The van der Waals surface area contributed by atoms with Crippen molar-refractivity contribution in [1.29, 1.82) is 0 Å². The molecule has 3 aromatic carbocycles. The molecule has 0 bridgehead atoms. The number of likely N-dealkylation sites (tertiary alicyclic amines) is 1. The van der Waals surface area contributed by atoms with Crippen molar-refractivity contribution >= 4 is 5.91 Å². The fraction of sp³-hybridized carbons (Fsp3) is 0.296. The third kappa shape index (κ3) is 4.27. The number of rotatable bonds is 8. The van der Waals surface area contributed by atoms with Crippen molar-refractivity contribution in [3.63, 3.8) is 0 Å². The molecule has 0 spiro atoms. The van der Waals surface area contributed by atoms with Crippen LogP contribution in [0.15, 0.2) is 84.9 Å². The molecule has 4 heteroatoms. The smallest absolute Gasteiger partial charge is 0.232 e. The van der Waals surface area contributed by atoms with Crippen molar-refractivity contribution in [2.24, 2.45) is 11.7 Å². The molecule has 0 aromatic heterocycles. The second-order valence-corrected chi connectivity index (χ2v) is 8.42. The Balaban J connectivity index is 1.57. The molecule has 1 saturated heterocycles. The molecule has 0 aliphatic carbocycles. The van der Waals surface area contributed by atoms with Gasteiger partial charge in [0.25, 0.3) is 0 Å². The number of hydrogen-bond acceptors (Lipinski definition) is 3. The van der Waals surface area contributed by atoms with Crippen LogP contribution in [0.5, 0.6) is 0 Å². The zero-order valence-corrected chi connectivity index (χ0v) is 17.8. The fourth-order valence-corrected chi connectivity index (χ4v) is 5.01. The monoisotopic (exact) mass is 414 g/mol. The second kappa shape index (κ2) is 9.46. The predicted octanol–water partition coefficient (Wildman–Crippen LogP) is 3.51. The van der Waals surface area contributed by atoms with E-state index >= 15 is 0 Å². The van der Waals surface area contributed by atoms with Crippen LogP contribution in [0.2, 0.25) is 0 Å². The van der Waals surface area contributed by atoms with E-state index in [1.807, 2.05) is 72.8 Å². The van der Waals surface area contributed by atoms with Crippen LogP contribution in [0.25, 0.3) is 0 Å². The van der Waals surface area contributed by atoms with Crippen molar-refractivity contribution in [3.8, 4) is 0 Å². The summed E-state index contributed by atoms with van der Waals surface area (Å²) in [7, 11) is 0. The third-order valence-corrected chi connectivity index (χ3v) is 6.65. The van der Waals surface area contributed by atoms with Gasteiger partial charge in [-0.2, -0.15) is 0 Å². The molecule has 3 aromatic rings. The lowest BCUT2D eigenvalue weighted by Crippen LogP contribution is -2.49. The van der Waals surface area contributed by atoms with Gasteiger partial charge in [-0.3, -0.25) is 4.79 Å². The molecule has 1 atom stereocenters. The van der Waals surface area contributed by atoms with Crippen LogP contribution in [0.1, 0.15) is 28.7 Å². The normalized spacial score (nSPS) is 17.0. The van der Waals surface area contributed by atoms with Gasteiger partial charge in [0.15, 0.2) is 0 Å². The van der Waals surface area contributed by atoms with Gasteiger partial charge in [0.05, 0.1) is 6.61 Å². The summed E-state index contributed by atoms with van der Waals surface area (Å²) >= 11 is 0. The van der Waals surface area contributed by atoms with Crippen LogP contribution in [0.4, 0.5) is 0 Å². The Morgan fingerprint density at radius 3 is 1.97 bits per heavy atom. The van der Waals surface area contributed by atoms with E-state index in [2.05, 4.69) is 17.0 Å². The van der Waals surface area contributed by atoms with Crippen LogP contribution in [-0.2, 0) is 23.2 Å². The topological polar surface area (TPSA) is 66.6 Å². The van der Waals surface area contributed by atoms with Gasteiger partial charge in [-0.25, -0.2) is 0 Å². The number of benzene rings is 3. The molecule has 4 nitrogen and oxygen atoms in total. The summed E-state index contributed by atoms with van der Waals surface area (Å²) in [5.41, 5.74) is 9.48. The van der Waals surface area contributed by atoms with Crippen LogP contribution in [0.3, 0.4) is 0 Å². The first-order chi connectivity index (χ1) is 15.1. The molecule has 3 N–H and O–H groups in total. The lowest BCUT2D eigenvalue weighted by atomic mass is 9.64. The Morgan fingerprint density at radius 2 is 1.45 bits per heavy atom. The van der Waals surface area contributed by atoms with Gasteiger partial charge in [0, 0.05) is 13.1 Å². The van der Waals surface area contributed by atoms with Crippen molar-refractivity contribution in [2.45, 2.75) is 24.9 Å². The summed E-state index contributed by atoms with van der Waals surface area (Å²) in [5, 5.41) is 9.22. The highest BCUT2D eigenvalue weighted by Gasteiger charge is 2.49. The number of aliphatic hydroxyl groups is 1. The van der Waals surface area contributed by atoms with E-state index in [4.69, 9.17) is 5.73 Å². The maximum atomic E-state index is 13.1. The third-order valence-electron chi connectivity index (χ3n) is 6.65. The highest BCUT2D eigenvalue weighted by atomic mass is 16.3. The maximum Gasteiger partial charge on any atom is 0.232 e. The first-order valence-corrected chi connectivity index (χ1v) is 11.0. The number of nitrogens with zero attached hydrogens (tertiary/aromatic N) is 1. The van der Waals surface area contributed by atoms with E-state index in [9.17, 15) is 9.90 Å². The Kier molecular flexibility index (Phi) is 6.50. The average molecular weight is 415 g/mol. The molecule has 1 aliphatic rings. The number of carbonyl (C=O) groups excluding carboxylic acids is 1. The van der Waals surface area contributed by atoms with E-state index in [1.165, 1.54) is 5.56 Å². The second-order valence-electron chi connectivity index (χ2n) is 8.42. The summed E-state index contributed by atoms with van der Waals surface area (Å²) in [6, 6.07) is 28.1. The Labute approximate surface area is 184 Å². The molecular weight excluding hydrogens is 384 g/mol. The standard InChI is InChI=1S/C27H30N2O2/c28-26(31)27(23-7-3-1-4-8-23,24-9-5-2-6-10-24)25-16-18-29(19-25)17-15-21-11-13-22(20-30)14-12-21/h1-14,25,30H,15-20H2,(H2,28,31). The molecule has 0 saturated carbocycles. The number of nitrogens with two attached hydrogens (primary N) is 1. The Morgan fingerprint density at radius 1 is 0.903 bits per heavy atom. The minimum atomic E-state index is -0.833. The van der Waals surface area contributed by atoms with E-state index in [0.29, 0.717) is 0 Å². The average Bonchev–Trinajstić information content (AvgIpc) is 3.29. The highest BCUT2D eigenvalue weighted by Crippen LogP contribution is 2.43. The molecule has 31 heavy (non-hydrogen) atoms. The SMILES string of the molecule is NC(=O)C(c1ccccc1)(c1ccccc1)C1CCN(CCc2ccc(CO)cc2)C1. The Bertz CT molecular complexity index is 947. The number of aliphatic hydroxyl groups excluding tert-OH is 1. The summed E-state index contributed by atoms with van der Waals surface area (Å²) < 4.78 is 0. The van der Waals surface area contributed by atoms with Crippen LogP contribution < -0.4 is 5.73 Å². The molecule has 160 valence electrons. The number of carbonyl (C=O) groups is 1. The van der Waals surface area contributed by atoms with Gasteiger partial charge in [-0.15, -0.1) is 0 Å². The van der Waals surface area contributed by atoms with Crippen molar-refractivity contribution < 1.29 is 9.90 Å². The summed E-state index contributed by atoms with van der Waals surface area (Å²) in [6.07, 6.45) is 1.87. The summed E-state index contributed by atoms with van der Waals surface area (Å²) in [6.45, 7) is 2.80. The number of hydrogen-bond donors (Lipinski definition) is 2. The van der Waals surface area contributed by atoms with E-state index in [1.54, 1.807) is 0 Å². The van der Waals surface area contributed by atoms with Gasteiger partial charge in [-0.1, -0.05) is 84.9 Å². The van der Waals surface area contributed by atoms with Crippen LogP contribution in [0, 0.1) is 5.92 Å². The maximum absolute atomic E-state index is 13.1. The van der Waals surface area contributed by atoms with Crippen molar-refractivity contribution in [3.05, 3.63) is 107 Å². The van der Waals surface area contributed by atoms with Gasteiger partial charge < -0.3 is 15.7 Å². The lowest BCUT2D eigenvalue weighted by molar-refractivity contribution is -0.123. The van der Waals surface area contributed by atoms with Gasteiger partial charge in [-0.05, 0) is 47.6 Å². The highest BCUT2D eigenvalue weighted by molar-refractivity contribution is 5.91. The molecule has 0 radical (unpaired) electrons. The largest absolute Gasteiger partial charge is 0.392 e. The molecule has 1 aliphatic heterocycles. The summed E-state index contributed by atoms with van der Waals surface area (Å²) in [4.78, 5) is 15.6. The molecule has 1 fully saturated rings. The molecule has 1 unspecified atom stereocenters. The molecule has 4 rings (SSSR count). The molecule has 1 amide bonds. The fourth-order valence-electron chi connectivity index (χ4n) is 5.01. The van der Waals surface area contributed by atoms with E-state index in [-0.39, 0.29) is 18.4 Å². The van der Waals surface area contributed by atoms with Crippen LogP contribution in [-0.4, -0.2) is 35.5 Å². The lowest BCUT2D eigenvalue weighted by Gasteiger charge is -2.37. The summed E-state index contributed by atoms with van der Waals surface area (Å²) in [5.74, 6) is -0.164. The number of primary amides is 1.